The summed E-state index contributed by atoms with van der Waals surface area (Å²) in [5.74, 6) is -1.53. The van der Waals surface area contributed by atoms with Gasteiger partial charge >= 0.3 is 0 Å². The van der Waals surface area contributed by atoms with Gasteiger partial charge in [0, 0.05) is 21.8 Å². The second-order valence-corrected chi connectivity index (χ2v) is 5.20. The Kier molecular flexibility index (Phi) is 3.38. The molecule has 0 saturated heterocycles. The van der Waals surface area contributed by atoms with Crippen LogP contribution in [0.3, 0.4) is 0 Å². The predicted octanol–water partition coefficient (Wildman–Crippen LogP) is 2.95. The third-order valence-electron chi connectivity index (χ3n) is 2.80. The molecule has 2 aromatic carbocycles. The Labute approximate surface area is 126 Å². The summed E-state index contributed by atoms with van der Waals surface area (Å²) < 4.78 is 28.4. The van der Waals surface area contributed by atoms with Crippen LogP contribution >= 0.6 is 15.9 Å². The first-order valence-electron chi connectivity index (χ1n) is 5.85. The van der Waals surface area contributed by atoms with Crippen LogP contribution < -0.4 is 5.73 Å². The number of aromatic nitrogens is 4. The standard InChI is InChI=1S/C13H8BrF2N5/c14-8-3-7(4-9(17)5-8)13-18-19-20-21(13)10-1-2-11(15)12(16)6-10/h1-6H,17H2. The van der Waals surface area contributed by atoms with Gasteiger partial charge in [0.05, 0.1) is 5.69 Å². The van der Waals surface area contributed by atoms with Crippen LogP contribution in [0.25, 0.3) is 17.1 Å². The van der Waals surface area contributed by atoms with Crippen LogP contribution in [0.5, 0.6) is 0 Å². The van der Waals surface area contributed by atoms with Crippen molar-refractivity contribution < 1.29 is 8.78 Å². The molecule has 0 aliphatic rings. The van der Waals surface area contributed by atoms with Crippen molar-refractivity contribution >= 4 is 21.6 Å². The molecule has 1 heterocycles. The van der Waals surface area contributed by atoms with Crippen LogP contribution in [0.2, 0.25) is 0 Å². The molecule has 0 aliphatic carbocycles. The second kappa shape index (κ2) is 5.21. The van der Waals surface area contributed by atoms with E-state index in [-0.39, 0.29) is 0 Å². The minimum atomic E-state index is -0.970. The maximum absolute atomic E-state index is 13.3. The molecule has 0 saturated carbocycles. The highest BCUT2D eigenvalue weighted by Crippen LogP contribution is 2.26. The van der Waals surface area contributed by atoms with Gasteiger partial charge in [0.2, 0.25) is 0 Å². The van der Waals surface area contributed by atoms with E-state index in [0.29, 0.717) is 22.8 Å². The van der Waals surface area contributed by atoms with Gasteiger partial charge in [-0.25, -0.2) is 8.78 Å². The Balaban J connectivity index is 2.14. The first-order valence-corrected chi connectivity index (χ1v) is 6.64. The van der Waals surface area contributed by atoms with Gasteiger partial charge in [-0.15, -0.1) is 5.10 Å². The smallest absolute Gasteiger partial charge is 0.187 e. The highest BCUT2D eigenvalue weighted by atomic mass is 79.9. The third-order valence-corrected chi connectivity index (χ3v) is 3.25. The zero-order chi connectivity index (χ0) is 15.0. The average molecular weight is 352 g/mol. The molecule has 0 aliphatic heterocycles. The van der Waals surface area contributed by atoms with E-state index >= 15 is 0 Å². The lowest BCUT2D eigenvalue weighted by molar-refractivity contribution is 0.507. The topological polar surface area (TPSA) is 69.6 Å². The molecular formula is C13H8BrF2N5. The fourth-order valence-corrected chi connectivity index (χ4v) is 2.41. The van der Waals surface area contributed by atoms with Gasteiger partial charge in [-0.2, -0.15) is 4.68 Å². The highest BCUT2D eigenvalue weighted by molar-refractivity contribution is 9.10. The highest BCUT2D eigenvalue weighted by Gasteiger charge is 2.13. The Morgan fingerprint density at radius 2 is 1.86 bits per heavy atom. The molecule has 2 N–H and O–H groups in total. The minimum absolute atomic E-state index is 0.312. The van der Waals surface area contributed by atoms with Gasteiger partial charge < -0.3 is 5.73 Å². The van der Waals surface area contributed by atoms with Crippen molar-refractivity contribution in [1.82, 2.24) is 20.2 Å². The van der Waals surface area contributed by atoms with Gasteiger partial charge in [0.25, 0.3) is 0 Å². The SMILES string of the molecule is Nc1cc(Br)cc(-c2nnnn2-c2ccc(F)c(F)c2)c1. The van der Waals surface area contributed by atoms with E-state index in [2.05, 4.69) is 31.5 Å². The number of nitrogens with zero attached hydrogens (tertiary/aromatic N) is 4. The van der Waals surface area contributed by atoms with E-state index in [1.54, 1.807) is 18.2 Å². The number of hydrogen-bond acceptors (Lipinski definition) is 4. The Morgan fingerprint density at radius 1 is 1.05 bits per heavy atom. The van der Waals surface area contributed by atoms with Crippen molar-refractivity contribution in [2.45, 2.75) is 0 Å². The quantitative estimate of drug-likeness (QED) is 0.720. The number of nitrogen functional groups attached to an aromatic ring is 1. The molecule has 0 unspecified atom stereocenters. The predicted molar refractivity (Wildman–Crippen MR) is 76.6 cm³/mol. The number of nitrogens with two attached hydrogens (primary N) is 1. The molecule has 0 amide bonds. The Bertz CT molecular complexity index is 798. The summed E-state index contributed by atoms with van der Waals surface area (Å²) in [4.78, 5) is 0. The van der Waals surface area contributed by atoms with Crippen LogP contribution in [0.4, 0.5) is 14.5 Å². The summed E-state index contributed by atoms with van der Waals surface area (Å²) in [6, 6.07) is 8.63. The molecule has 3 aromatic rings. The van der Waals surface area contributed by atoms with Gasteiger partial charge in [-0.1, -0.05) is 15.9 Å². The van der Waals surface area contributed by atoms with Crippen molar-refractivity contribution in [2.24, 2.45) is 0 Å². The summed E-state index contributed by atoms with van der Waals surface area (Å²) in [5.41, 5.74) is 7.27. The van der Waals surface area contributed by atoms with E-state index < -0.39 is 11.6 Å². The number of hydrogen-bond donors (Lipinski definition) is 1. The lowest BCUT2D eigenvalue weighted by Gasteiger charge is -2.06. The maximum Gasteiger partial charge on any atom is 0.187 e. The molecule has 0 bridgehead atoms. The molecule has 0 radical (unpaired) electrons. The van der Waals surface area contributed by atoms with Crippen molar-refractivity contribution in [3.8, 4) is 17.1 Å². The van der Waals surface area contributed by atoms with E-state index in [0.717, 1.165) is 16.6 Å². The van der Waals surface area contributed by atoms with Crippen LogP contribution in [-0.2, 0) is 0 Å². The fourth-order valence-electron chi connectivity index (χ4n) is 1.90. The van der Waals surface area contributed by atoms with Crippen molar-refractivity contribution in [3.05, 3.63) is 52.5 Å². The molecule has 106 valence electrons. The molecule has 5 nitrogen and oxygen atoms in total. The van der Waals surface area contributed by atoms with Gasteiger partial charge in [0.15, 0.2) is 17.5 Å². The van der Waals surface area contributed by atoms with Gasteiger partial charge in [-0.3, -0.25) is 0 Å². The number of tetrazole rings is 1. The van der Waals surface area contributed by atoms with E-state index in [9.17, 15) is 8.78 Å². The van der Waals surface area contributed by atoms with Crippen LogP contribution in [-0.4, -0.2) is 20.2 Å². The number of benzene rings is 2. The summed E-state index contributed by atoms with van der Waals surface area (Å²) in [6.07, 6.45) is 0. The second-order valence-electron chi connectivity index (χ2n) is 4.29. The van der Waals surface area contributed by atoms with Crippen molar-refractivity contribution in [2.75, 3.05) is 5.73 Å². The maximum atomic E-state index is 13.3. The van der Waals surface area contributed by atoms with E-state index in [4.69, 9.17) is 5.73 Å². The average Bonchev–Trinajstić information content (AvgIpc) is 2.90. The van der Waals surface area contributed by atoms with Crippen LogP contribution in [0.15, 0.2) is 40.9 Å². The Hall–Kier alpha value is -2.35. The third kappa shape index (κ3) is 2.62. The summed E-state index contributed by atoms with van der Waals surface area (Å²) in [5, 5.41) is 11.3. The fraction of sp³-hybridized carbons (Fsp3) is 0. The zero-order valence-electron chi connectivity index (χ0n) is 10.5. The van der Waals surface area contributed by atoms with Crippen LogP contribution in [0, 0.1) is 11.6 Å². The van der Waals surface area contributed by atoms with Crippen molar-refractivity contribution in [1.29, 1.82) is 0 Å². The van der Waals surface area contributed by atoms with Crippen molar-refractivity contribution in [3.63, 3.8) is 0 Å². The molecule has 21 heavy (non-hydrogen) atoms. The van der Waals surface area contributed by atoms with E-state index in [1.807, 2.05) is 0 Å². The molecule has 0 spiro atoms. The zero-order valence-corrected chi connectivity index (χ0v) is 12.1. The lowest BCUT2D eigenvalue weighted by Crippen LogP contribution is -2.01. The summed E-state index contributed by atoms with van der Waals surface area (Å²) >= 11 is 3.33. The monoisotopic (exact) mass is 351 g/mol. The van der Waals surface area contributed by atoms with Crippen LogP contribution in [0.1, 0.15) is 0 Å². The minimum Gasteiger partial charge on any atom is -0.399 e. The number of rotatable bonds is 2. The van der Waals surface area contributed by atoms with Gasteiger partial charge in [-0.05, 0) is 40.8 Å². The molecular weight excluding hydrogens is 344 g/mol. The number of anilines is 1. The summed E-state index contributed by atoms with van der Waals surface area (Å²) in [7, 11) is 0. The Morgan fingerprint density at radius 3 is 2.57 bits per heavy atom. The molecule has 3 rings (SSSR count). The number of halogens is 3. The van der Waals surface area contributed by atoms with Gasteiger partial charge in [0.1, 0.15) is 0 Å². The molecule has 0 atom stereocenters. The first kappa shape index (κ1) is 13.6. The molecule has 0 fully saturated rings. The lowest BCUT2D eigenvalue weighted by atomic mass is 10.2. The van der Waals surface area contributed by atoms with E-state index in [1.165, 1.54) is 10.7 Å². The molecule has 8 heteroatoms. The molecule has 1 aromatic heterocycles. The normalized spacial score (nSPS) is 10.8. The largest absolute Gasteiger partial charge is 0.399 e. The summed E-state index contributed by atoms with van der Waals surface area (Å²) in [6.45, 7) is 0. The first-order chi connectivity index (χ1) is 10.0.